The lowest BCUT2D eigenvalue weighted by molar-refractivity contribution is 0.131. The summed E-state index contributed by atoms with van der Waals surface area (Å²) in [5, 5.41) is 2.77. The molecule has 1 aromatic heterocycles. The van der Waals surface area contributed by atoms with Crippen LogP contribution in [0.3, 0.4) is 0 Å². The van der Waals surface area contributed by atoms with Crippen LogP contribution < -0.4 is 20.9 Å². The molecule has 1 aromatic carbocycles. The quantitative estimate of drug-likeness (QED) is 0.790. The van der Waals surface area contributed by atoms with E-state index in [4.69, 9.17) is 9.47 Å². The molecule has 7 heteroatoms. The molecule has 4 saturated carbocycles. The van der Waals surface area contributed by atoms with Gasteiger partial charge in [-0.15, -0.1) is 0 Å². The molecule has 7 aliphatic carbocycles. The van der Waals surface area contributed by atoms with Gasteiger partial charge < -0.3 is 9.47 Å². The third kappa shape index (κ3) is 1.23. The van der Waals surface area contributed by atoms with Gasteiger partial charge in [-0.25, -0.2) is 23.9 Å². The van der Waals surface area contributed by atoms with Gasteiger partial charge in [0, 0.05) is 29.5 Å². The highest BCUT2D eigenvalue weighted by atomic mass is 16.5. The number of rotatable bonds is 3. The molecule has 1 N–H and O–H groups in total. The Labute approximate surface area is 172 Å². The molecule has 0 radical (unpaired) electrons. The third-order valence-corrected chi connectivity index (χ3v) is 9.96. The SMILES string of the molecule is COc1ccc(OC)c2c1[C@H]1[C@H]3[C@@H]4[C@@H]3[C@H]2[C@@]23C[C@@H](n5[nH]c(=O)n(C)c5=O)C=C[C@@]12[C@@H]43. The molecule has 2 spiro atoms. The van der Waals surface area contributed by atoms with Crippen LogP contribution in [0, 0.1) is 34.5 Å². The summed E-state index contributed by atoms with van der Waals surface area (Å²) < 4.78 is 14.4. The Morgan fingerprint density at radius 2 is 1.70 bits per heavy atom. The van der Waals surface area contributed by atoms with Gasteiger partial charge in [0.25, 0.3) is 0 Å². The molecular formula is C23H23N3O4. The number of allylic oxidation sites excluding steroid dienone is 2. The van der Waals surface area contributed by atoms with E-state index in [-0.39, 0.29) is 28.3 Å². The number of nitrogens with one attached hydrogen (secondary N) is 1. The summed E-state index contributed by atoms with van der Waals surface area (Å²) in [4.78, 5) is 24.7. The van der Waals surface area contributed by atoms with Crippen LogP contribution in [0.4, 0.5) is 0 Å². The van der Waals surface area contributed by atoms with Crippen LogP contribution >= 0.6 is 0 Å². The van der Waals surface area contributed by atoms with E-state index >= 15 is 0 Å². The van der Waals surface area contributed by atoms with Crippen molar-refractivity contribution in [2.24, 2.45) is 41.5 Å². The zero-order valence-electron chi connectivity index (χ0n) is 17.1. The number of hydrogen-bond donors (Lipinski definition) is 1. The Kier molecular flexibility index (Phi) is 2.32. The Morgan fingerprint density at radius 1 is 1.03 bits per heavy atom. The molecule has 7 aliphatic rings. The zero-order valence-corrected chi connectivity index (χ0v) is 17.1. The normalized spacial score (nSPS) is 46.4. The number of hydrogen-bond acceptors (Lipinski definition) is 4. The average Bonchev–Trinajstić information content (AvgIpc) is 3.53. The van der Waals surface area contributed by atoms with Crippen LogP contribution in [0.1, 0.15) is 35.4 Å². The molecular weight excluding hydrogens is 382 g/mol. The predicted octanol–water partition coefficient (Wildman–Crippen LogP) is 1.77. The third-order valence-electron chi connectivity index (χ3n) is 9.96. The number of benzene rings is 1. The highest BCUT2D eigenvalue weighted by Crippen LogP contribution is 3.06. The first-order valence-electron chi connectivity index (χ1n) is 10.8. The molecule has 0 unspecified atom stereocenters. The Balaban J connectivity index is 1.35. The van der Waals surface area contributed by atoms with E-state index in [9.17, 15) is 9.59 Å². The van der Waals surface area contributed by atoms with Crippen LogP contribution in [-0.4, -0.2) is 28.6 Å². The van der Waals surface area contributed by atoms with Gasteiger partial charge in [0.2, 0.25) is 0 Å². The van der Waals surface area contributed by atoms with Crippen LogP contribution in [0.5, 0.6) is 11.5 Å². The van der Waals surface area contributed by atoms with Crippen LogP contribution in [0.2, 0.25) is 0 Å². The summed E-state index contributed by atoms with van der Waals surface area (Å²) in [6.45, 7) is 0. The maximum atomic E-state index is 12.6. The van der Waals surface area contributed by atoms with Gasteiger partial charge in [0.1, 0.15) is 11.5 Å². The van der Waals surface area contributed by atoms with Crippen molar-refractivity contribution in [3.05, 3.63) is 56.4 Å². The fourth-order valence-corrected chi connectivity index (χ4v) is 9.46. The molecule has 2 aromatic rings. The fraction of sp³-hybridized carbons (Fsp3) is 0.565. The molecule has 0 aliphatic heterocycles. The lowest BCUT2D eigenvalue weighted by atomic mass is 9.53. The lowest BCUT2D eigenvalue weighted by Gasteiger charge is -2.50. The summed E-state index contributed by atoms with van der Waals surface area (Å²) in [6, 6.07) is 4.02. The number of aromatic nitrogens is 3. The maximum absolute atomic E-state index is 12.6. The largest absolute Gasteiger partial charge is 0.496 e. The van der Waals surface area contributed by atoms with Crippen molar-refractivity contribution in [3.63, 3.8) is 0 Å². The van der Waals surface area contributed by atoms with E-state index in [1.165, 1.54) is 22.9 Å². The van der Waals surface area contributed by atoms with Gasteiger partial charge >= 0.3 is 11.4 Å². The van der Waals surface area contributed by atoms with Gasteiger partial charge in [-0.3, -0.25) is 0 Å². The Hall–Kier alpha value is -2.70. The highest BCUT2D eigenvalue weighted by molar-refractivity contribution is 5.70. The second-order valence-corrected chi connectivity index (χ2v) is 10.2. The van der Waals surface area contributed by atoms with Crippen molar-refractivity contribution in [2.75, 3.05) is 14.2 Å². The molecule has 1 heterocycles. The second-order valence-electron chi connectivity index (χ2n) is 10.2. The van der Waals surface area contributed by atoms with E-state index in [0.29, 0.717) is 17.8 Å². The fourth-order valence-electron chi connectivity index (χ4n) is 9.46. The summed E-state index contributed by atoms with van der Waals surface area (Å²) in [5.74, 6) is 5.93. The summed E-state index contributed by atoms with van der Waals surface area (Å²) in [5.41, 5.74) is 2.51. The summed E-state index contributed by atoms with van der Waals surface area (Å²) in [7, 11) is 5.06. The van der Waals surface area contributed by atoms with Crippen LogP contribution in [-0.2, 0) is 7.05 Å². The Bertz CT molecular complexity index is 1330. The molecule has 7 nitrogen and oxygen atoms in total. The summed E-state index contributed by atoms with van der Waals surface area (Å²) >= 11 is 0. The van der Waals surface area contributed by atoms with Crippen molar-refractivity contribution in [3.8, 4) is 11.5 Å². The number of ether oxygens (including phenoxy) is 2. The van der Waals surface area contributed by atoms with E-state index in [2.05, 4.69) is 29.4 Å². The minimum Gasteiger partial charge on any atom is -0.496 e. The molecule has 0 saturated heterocycles. The van der Waals surface area contributed by atoms with E-state index in [1.807, 2.05) is 0 Å². The topological polar surface area (TPSA) is 78.2 Å². The zero-order chi connectivity index (χ0) is 20.3. The average molecular weight is 405 g/mol. The first-order valence-corrected chi connectivity index (χ1v) is 10.8. The van der Waals surface area contributed by atoms with Crippen LogP contribution in [0.25, 0.3) is 0 Å². The van der Waals surface area contributed by atoms with E-state index in [0.717, 1.165) is 40.2 Å². The van der Waals surface area contributed by atoms with Crippen molar-refractivity contribution in [1.29, 1.82) is 0 Å². The monoisotopic (exact) mass is 405 g/mol. The van der Waals surface area contributed by atoms with E-state index in [1.54, 1.807) is 14.2 Å². The molecule has 2 bridgehead atoms. The van der Waals surface area contributed by atoms with Gasteiger partial charge in [-0.1, -0.05) is 12.2 Å². The molecule has 0 amide bonds. The molecule has 154 valence electrons. The molecule has 9 rings (SSSR count). The van der Waals surface area contributed by atoms with Crippen molar-refractivity contribution in [1.82, 2.24) is 14.3 Å². The predicted molar refractivity (Wildman–Crippen MR) is 107 cm³/mol. The molecule has 30 heavy (non-hydrogen) atoms. The second kappa shape index (κ2) is 4.34. The lowest BCUT2D eigenvalue weighted by Crippen LogP contribution is -2.43. The standard InChI is InChI=1S/C23H23N3O4/c1-25-20(27)24-26(21(25)28)9-6-7-22-17-12-10(29-2)4-5-11(30-3)13(12)18-15-14(17)16(15)19(22)23(18,22)8-9/h4-7,9,14-19H,8H2,1-3H3,(H,24,27)/t9-,14+,15+,16+,17-,18-,19+,22-,23+/m0/s1. The smallest absolute Gasteiger partial charge is 0.347 e. The van der Waals surface area contributed by atoms with Gasteiger partial charge in [-0.05, 0) is 53.6 Å². The Morgan fingerprint density at radius 3 is 2.33 bits per heavy atom. The maximum Gasteiger partial charge on any atom is 0.347 e. The minimum atomic E-state index is -0.352. The highest BCUT2D eigenvalue weighted by Gasteiger charge is 3.01. The number of nitrogens with zero attached hydrogens (tertiary/aromatic N) is 2. The first kappa shape index (κ1) is 16.1. The number of methoxy groups -OCH3 is 2. The first-order chi connectivity index (χ1) is 14.5. The van der Waals surface area contributed by atoms with Crippen molar-refractivity contribution < 1.29 is 9.47 Å². The van der Waals surface area contributed by atoms with Gasteiger partial charge in [0.15, 0.2) is 0 Å². The van der Waals surface area contributed by atoms with E-state index < -0.39 is 0 Å². The van der Waals surface area contributed by atoms with Gasteiger partial charge in [-0.2, -0.15) is 0 Å². The van der Waals surface area contributed by atoms with Gasteiger partial charge in [0.05, 0.1) is 20.3 Å². The number of aromatic amines is 1. The molecule has 4 fully saturated rings. The summed E-state index contributed by atoms with van der Waals surface area (Å²) in [6.07, 6.45) is 5.52. The van der Waals surface area contributed by atoms with Crippen molar-refractivity contribution >= 4 is 0 Å². The molecule has 9 atom stereocenters. The number of H-pyrrole nitrogens is 1. The minimum absolute atomic E-state index is 0.0973. The van der Waals surface area contributed by atoms with Crippen molar-refractivity contribution in [2.45, 2.75) is 24.3 Å². The van der Waals surface area contributed by atoms with Crippen LogP contribution in [0.15, 0.2) is 33.9 Å².